The van der Waals surface area contributed by atoms with E-state index in [-0.39, 0.29) is 6.03 Å². The zero-order chi connectivity index (χ0) is 15.1. The van der Waals surface area contributed by atoms with E-state index in [9.17, 15) is 4.79 Å². The summed E-state index contributed by atoms with van der Waals surface area (Å²) in [5.41, 5.74) is 2.00. The fourth-order valence-electron chi connectivity index (χ4n) is 3.17. The van der Waals surface area contributed by atoms with Gasteiger partial charge >= 0.3 is 6.03 Å². The Bertz CT molecular complexity index is 687. The minimum atomic E-state index is 0.0881. The summed E-state index contributed by atoms with van der Waals surface area (Å²) in [4.78, 5) is 18.9. The molecule has 5 nitrogen and oxygen atoms in total. The Morgan fingerprint density at radius 1 is 1.41 bits per heavy atom. The van der Waals surface area contributed by atoms with Crippen LogP contribution in [-0.4, -0.2) is 32.4 Å². The standard InChI is InChI=1S/C17H22N4O/c1-12(14-2-3-14)21(15-4-5-15)17(22)19-11-13-6-8-20-9-7-18-16(20)10-13/h6-10,12,14-15H,2-5,11H2,1H3,(H,19,22). The molecule has 2 aromatic rings. The average Bonchev–Trinajstić information content (AvgIpc) is 3.43. The molecule has 2 amide bonds. The van der Waals surface area contributed by atoms with Crippen molar-refractivity contribution in [2.24, 2.45) is 5.92 Å². The van der Waals surface area contributed by atoms with Gasteiger partial charge in [-0.15, -0.1) is 0 Å². The van der Waals surface area contributed by atoms with Crippen LogP contribution in [0.5, 0.6) is 0 Å². The molecule has 0 spiro atoms. The molecule has 0 bridgehead atoms. The molecule has 22 heavy (non-hydrogen) atoms. The number of rotatable bonds is 5. The Hall–Kier alpha value is -2.04. The molecule has 2 aliphatic rings. The number of nitrogens with one attached hydrogen (secondary N) is 1. The molecule has 2 saturated carbocycles. The maximum atomic E-state index is 12.6. The van der Waals surface area contributed by atoms with E-state index in [2.05, 4.69) is 22.1 Å². The number of hydrogen-bond acceptors (Lipinski definition) is 2. The molecule has 2 heterocycles. The van der Waals surface area contributed by atoms with E-state index < -0.39 is 0 Å². The zero-order valence-corrected chi connectivity index (χ0v) is 12.9. The third-order valence-electron chi connectivity index (χ3n) is 4.82. The van der Waals surface area contributed by atoms with Crippen LogP contribution in [0.25, 0.3) is 5.65 Å². The van der Waals surface area contributed by atoms with E-state index in [0.717, 1.165) is 24.1 Å². The number of amides is 2. The molecule has 0 aliphatic heterocycles. The van der Waals surface area contributed by atoms with Gasteiger partial charge in [-0.05, 0) is 56.2 Å². The smallest absolute Gasteiger partial charge is 0.318 e. The predicted octanol–water partition coefficient (Wildman–Crippen LogP) is 2.81. The summed E-state index contributed by atoms with van der Waals surface area (Å²) in [6.45, 7) is 2.76. The lowest BCUT2D eigenvalue weighted by Gasteiger charge is -2.29. The van der Waals surface area contributed by atoms with Crippen molar-refractivity contribution in [3.8, 4) is 0 Å². The first-order valence-electron chi connectivity index (χ1n) is 8.20. The first-order chi connectivity index (χ1) is 10.7. The van der Waals surface area contributed by atoms with Crippen LogP contribution in [0.2, 0.25) is 0 Å². The average molecular weight is 298 g/mol. The normalized spacial score (nSPS) is 19.1. The van der Waals surface area contributed by atoms with Crippen LogP contribution in [0, 0.1) is 5.92 Å². The number of pyridine rings is 1. The molecule has 2 fully saturated rings. The molecule has 0 radical (unpaired) electrons. The maximum Gasteiger partial charge on any atom is 0.318 e. The second-order valence-corrected chi connectivity index (χ2v) is 6.60. The zero-order valence-electron chi connectivity index (χ0n) is 12.9. The summed E-state index contributed by atoms with van der Waals surface area (Å²) in [6, 6.07) is 4.98. The van der Waals surface area contributed by atoms with Crippen molar-refractivity contribution in [1.82, 2.24) is 19.6 Å². The quantitative estimate of drug-likeness (QED) is 0.922. The van der Waals surface area contributed by atoms with E-state index >= 15 is 0 Å². The maximum absolute atomic E-state index is 12.6. The van der Waals surface area contributed by atoms with Gasteiger partial charge in [-0.25, -0.2) is 9.78 Å². The fourth-order valence-corrected chi connectivity index (χ4v) is 3.17. The van der Waals surface area contributed by atoms with Gasteiger partial charge in [0.15, 0.2) is 0 Å². The molecule has 2 aromatic heterocycles. The van der Waals surface area contributed by atoms with Crippen molar-refractivity contribution in [2.45, 2.75) is 51.2 Å². The number of aromatic nitrogens is 2. The molecule has 1 unspecified atom stereocenters. The van der Waals surface area contributed by atoms with E-state index in [1.54, 1.807) is 6.20 Å². The lowest BCUT2D eigenvalue weighted by Crippen LogP contribution is -2.47. The SMILES string of the molecule is CC(C1CC1)N(C(=O)NCc1ccn2ccnc2c1)C1CC1. The molecular weight excluding hydrogens is 276 g/mol. The number of imidazole rings is 1. The van der Waals surface area contributed by atoms with Crippen LogP contribution in [0.1, 0.15) is 38.2 Å². The van der Waals surface area contributed by atoms with E-state index in [0.29, 0.717) is 24.5 Å². The lowest BCUT2D eigenvalue weighted by molar-refractivity contribution is 0.166. The molecule has 4 rings (SSSR count). The van der Waals surface area contributed by atoms with Crippen molar-refractivity contribution in [3.63, 3.8) is 0 Å². The number of carbonyl (C=O) groups excluding carboxylic acids is 1. The molecule has 2 aliphatic carbocycles. The Labute approximate surface area is 130 Å². The van der Waals surface area contributed by atoms with Crippen molar-refractivity contribution in [3.05, 3.63) is 36.3 Å². The number of nitrogens with zero attached hydrogens (tertiary/aromatic N) is 3. The van der Waals surface area contributed by atoms with Crippen LogP contribution in [0.15, 0.2) is 30.7 Å². The topological polar surface area (TPSA) is 49.6 Å². The van der Waals surface area contributed by atoms with E-state index in [4.69, 9.17) is 0 Å². The van der Waals surface area contributed by atoms with Crippen LogP contribution < -0.4 is 5.32 Å². The molecular formula is C17H22N4O. The summed E-state index contributed by atoms with van der Waals surface area (Å²) < 4.78 is 1.97. The lowest BCUT2D eigenvalue weighted by atomic mass is 10.2. The molecule has 1 atom stereocenters. The summed E-state index contributed by atoms with van der Waals surface area (Å²) in [6.07, 6.45) is 10.5. The number of carbonyl (C=O) groups is 1. The van der Waals surface area contributed by atoms with Gasteiger partial charge in [-0.2, -0.15) is 0 Å². The van der Waals surface area contributed by atoms with E-state index in [1.807, 2.05) is 28.9 Å². The third kappa shape index (κ3) is 2.67. The van der Waals surface area contributed by atoms with Gasteiger partial charge in [-0.1, -0.05) is 0 Å². The molecule has 116 valence electrons. The van der Waals surface area contributed by atoms with Crippen molar-refractivity contribution in [2.75, 3.05) is 0 Å². The van der Waals surface area contributed by atoms with Crippen LogP contribution in [0.3, 0.4) is 0 Å². The molecule has 5 heteroatoms. The minimum absolute atomic E-state index is 0.0881. The monoisotopic (exact) mass is 298 g/mol. The number of fused-ring (bicyclic) bond motifs is 1. The summed E-state index contributed by atoms with van der Waals surface area (Å²) >= 11 is 0. The number of urea groups is 1. The Morgan fingerprint density at radius 2 is 2.23 bits per heavy atom. The Balaban J connectivity index is 1.41. The van der Waals surface area contributed by atoms with Crippen LogP contribution in [0.4, 0.5) is 4.79 Å². The molecule has 1 N–H and O–H groups in total. The van der Waals surface area contributed by atoms with Gasteiger partial charge in [0.2, 0.25) is 0 Å². The van der Waals surface area contributed by atoms with Crippen molar-refractivity contribution < 1.29 is 4.79 Å². The summed E-state index contributed by atoms with van der Waals surface area (Å²) in [5, 5.41) is 3.09. The van der Waals surface area contributed by atoms with Gasteiger partial charge in [-0.3, -0.25) is 0 Å². The summed E-state index contributed by atoms with van der Waals surface area (Å²) in [5.74, 6) is 0.715. The number of hydrogen-bond donors (Lipinski definition) is 1. The first kappa shape index (κ1) is 13.6. The highest BCUT2D eigenvalue weighted by Crippen LogP contribution is 2.39. The van der Waals surface area contributed by atoms with Crippen LogP contribution >= 0.6 is 0 Å². The summed E-state index contributed by atoms with van der Waals surface area (Å²) in [7, 11) is 0. The largest absolute Gasteiger partial charge is 0.334 e. The van der Waals surface area contributed by atoms with Gasteiger partial charge < -0.3 is 14.6 Å². The first-order valence-corrected chi connectivity index (χ1v) is 8.20. The van der Waals surface area contributed by atoms with Gasteiger partial charge in [0.05, 0.1) is 0 Å². The Kier molecular flexibility index (Phi) is 3.28. The van der Waals surface area contributed by atoms with Crippen LogP contribution in [-0.2, 0) is 6.54 Å². The Morgan fingerprint density at radius 3 is 2.95 bits per heavy atom. The highest BCUT2D eigenvalue weighted by molar-refractivity contribution is 5.75. The van der Waals surface area contributed by atoms with Gasteiger partial charge in [0, 0.05) is 37.2 Å². The predicted molar refractivity (Wildman–Crippen MR) is 84.5 cm³/mol. The fraction of sp³-hybridized carbons (Fsp3) is 0.529. The molecule has 0 saturated heterocycles. The second-order valence-electron chi connectivity index (χ2n) is 6.60. The molecule has 0 aromatic carbocycles. The highest BCUT2D eigenvalue weighted by Gasteiger charge is 2.41. The third-order valence-corrected chi connectivity index (χ3v) is 4.82. The highest BCUT2D eigenvalue weighted by atomic mass is 16.2. The van der Waals surface area contributed by atoms with E-state index in [1.165, 1.54) is 12.8 Å². The minimum Gasteiger partial charge on any atom is -0.334 e. The van der Waals surface area contributed by atoms with Crippen molar-refractivity contribution in [1.29, 1.82) is 0 Å². The van der Waals surface area contributed by atoms with Gasteiger partial charge in [0.25, 0.3) is 0 Å². The van der Waals surface area contributed by atoms with Gasteiger partial charge in [0.1, 0.15) is 5.65 Å². The van der Waals surface area contributed by atoms with Crippen molar-refractivity contribution >= 4 is 11.7 Å². The second kappa shape index (κ2) is 5.30.